The number of anilines is 1. The SMILES string of the molecule is CN1C(=O)C(C)(C)C(C)(c2cc(NC(=O)c3ncc(Cl)cn3)ccc2F)N=C1N. The van der Waals surface area contributed by atoms with Crippen molar-refractivity contribution in [2.45, 2.75) is 26.3 Å². The van der Waals surface area contributed by atoms with Crippen molar-refractivity contribution in [3.63, 3.8) is 0 Å². The number of hydrogen-bond acceptors (Lipinski definition) is 6. The molecule has 2 aromatic rings. The maximum Gasteiger partial charge on any atom is 0.293 e. The van der Waals surface area contributed by atoms with Crippen LogP contribution < -0.4 is 11.1 Å². The first-order valence-electron chi connectivity index (χ1n) is 8.70. The molecule has 0 fully saturated rings. The molecule has 1 unspecified atom stereocenters. The lowest BCUT2D eigenvalue weighted by atomic mass is 9.67. The van der Waals surface area contributed by atoms with E-state index < -0.39 is 22.7 Å². The van der Waals surface area contributed by atoms with Crippen molar-refractivity contribution in [3.8, 4) is 0 Å². The molecule has 3 N–H and O–H groups in total. The Balaban J connectivity index is 2.02. The van der Waals surface area contributed by atoms with Gasteiger partial charge in [-0.15, -0.1) is 0 Å². The Kier molecular flexibility index (Phi) is 5.04. The second kappa shape index (κ2) is 7.07. The molecule has 0 spiro atoms. The van der Waals surface area contributed by atoms with E-state index in [-0.39, 0.29) is 23.3 Å². The van der Waals surface area contributed by atoms with E-state index in [2.05, 4.69) is 20.3 Å². The van der Waals surface area contributed by atoms with Gasteiger partial charge in [0.25, 0.3) is 5.91 Å². The highest BCUT2D eigenvalue weighted by atomic mass is 35.5. The smallest absolute Gasteiger partial charge is 0.293 e. The van der Waals surface area contributed by atoms with Crippen LogP contribution in [-0.2, 0) is 10.3 Å². The highest BCUT2D eigenvalue weighted by molar-refractivity contribution is 6.30. The normalized spacial score (nSPS) is 21.0. The van der Waals surface area contributed by atoms with Gasteiger partial charge in [0.05, 0.1) is 10.4 Å². The van der Waals surface area contributed by atoms with Gasteiger partial charge < -0.3 is 11.1 Å². The highest BCUT2D eigenvalue weighted by Crippen LogP contribution is 2.47. The van der Waals surface area contributed by atoms with Gasteiger partial charge in [-0.3, -0.25) is 14.5 Å². The number of amides is 2. The molecule has 1 aliphatic rings. The molecule has 8 nitrogen and oxygen atoms in total. The molecule has 0 bridgehead atoms. The van der Waals surface area contributed by atoms with Crippen molar-refractivity contribution in [2.24, 2.45) is 16.1 Å². The number of hydrogen-bond donors (Lipinski definition) is 2. The van der Waals surface area contributed by atoms with Gasteiger partial charge in [0, 0.05) is 30.7 Å². The van der Waals surface area contributed by atoms with Gasteiger partial charge in [0.1, 0.15) is 11.4 Å². The number of benzene rings is 1. The lowest BCUT2D eigenvalue weighted by molar-refractivity contribution is -0.140. The number of nitrogens with zero attached hydrogens (tertiary/aromatic N) is 4. The summed E-state index contributed by atoms with van der Waals surface area (Å²) in [5, 5.41) is 2.91. The van der Waals surface area contributed by atoms with E-state index in [0.717, 1.165) is 0 Å². The fourth-order valence-corrected chi connectivity index (χ4v) is 3.26. The summed E-state index contributed by atoms with van der Waals surface area (Å²) in [5.41, 5.74) is 3.94. The number of rotatable bonds is 3. The molecule has 152 valence electrons. The molecule has 10 heteroatoms. The largest absolute Gasteiger partial charge is 0.369 e. The molecule has 0 saturated heterocycles. The summed E-state index contributed by atoms with van der Waals surface area (Å²) >= 11 is 5.72. The Labute approximate surface area is 172 Å². The number of nitrogens with two attached hydrogens (primary N) is 1. The van der Waals surface area contributed by atoms with Crippen LogP contribution in [0.1, 0.15) is 37.0 Å². The summed E-state index contributed by atoms with van der Waals surface area (Å²) in [6.07, 6.45) is 2.59. The Morgan fingerprint density at radius 2 is 1.86 bits per heavy atom. The Morgan fingerprint density at radius 1 is 1.24 bits per heavy atom. The van der Waals surface area contributed by atoms with E-state index in [1.165, 1.54) is 42.5 Å². The van der Waals surface area contributed by atoms with Crippen LogP contribution in [0.5, 0.6) is 0 Å². The molecule has 0 radical (unpaired) electrons. The van der Waals surface area contributed by atoms with Gasteiger partial charge in [-0.25, -0.2) is 19.4 Å². The first-order valence-corrected chi connectivity index (χ1v) is 9.07. The molecule has 0 aliphatic carbocycles. The van der Waals surface area contributed by atoms with E-state index >= 15 is 0 Å². The molecule has 1 atom stereocenters. The topological polar surface area (TPSA) is 114 Å². The molecule has 2 heterocycles. The zero-order chi connectivity index (χ0) is 21.6. The fraction of sp³-hybridized carbons (Fsp3) is 0.316. The van der Waals surface area contributed by atoms with Crippen LogP contribution in [0, 0.1) is 11.2 Å². The van der Waals surface area contributed by atoms with Gasteiger partial charge in [-0.2, -0.15) is 0 Å². The van der Waals surface area contributed by atoms with Crippen LogP contribution in [0.4, 0.5) is 10.1 Å². The fourth-order valence-electron chi connectivity index (χ4n) is 3.16. The highest BCUT2D eigenvalue weighted by Gasteiger charge is 2.53. The Bertz CT molecular complexity index is 1020. The number of aliphatic imine (C=N–C) groups is 1. The maximum absolute atomic E-state index is 14.8. The second-order valence-electron chi connectivity index (χ2n) is 7.41. The minimum atomic E-state index is -1.29. The van der Waals surface area contributed by atoms with Crippen molar-refractivity contribution in [3.05, 3.63) is 52.8 Å². The van der Waals surface area contributed by atoms with E-state index in [9.17, 15) is 14.0 Å². The monoisotopic (exact) mass is 418 g/mol. The molecular formula is C19H20ClFN6O2. The van der Waals surface area contributed by atoms with Crippen molar-refractivity contribution in [1.29, 1.82) is 0 Å². The third-order valence-corrected chi connectivity index (χ3v) is 5.51. The molecular weight excluding hydrogens is 399 g/mol. The van der Waals surface area contributed by atoms with Crippen molar-refractivity contribution in [2.75, 3.05) is 12.4 Å². The second-order valence-corrected chi connectivity index (χ2v) is 7.84. The predicted octanol–water partition coefficient (Wildman–Crippen LogP) is 2.55. The molecule has 0 saturated carbocycles. The number of nitrogens with one attached hydrogen (secondary N) is 1. The summed E-state index contributed by atoms with van der Waals surface area (Å²) in [7, 11) is 1.52. The van der Waals surface area contributed by atoms with Crippen LogP contribution in [0.3, 0.4) is 0 Å². The van der Waals surface area contributed by atoms with Crippen LogP contribution in [-0.4, -0.2) is 39.7 Å². The van der Waals surface area contributed by atoms with Crippen LogP contribution >= 0.6 is 11.6 Å². The average Bonchev–Trinajstić information content (AvgIpc) is 2.67. The maximum atomic E-state index is 14.8. The first-order chi connectivity index (χ1) is 13.5. The van der Waals surface area contributed by atoms with Gasteiger partial charge in [0.2, 0.25) is 11.7 Å². The summed E-state index contributed by atoms with van der Waals surface area (Å²) in [4.78, 5) is 38.5. The molecule has 2 amide bonds. The zero-order valence-electron chi connectivity index (χ0n) is 16.3. The Hall–Kier alpha value is -3.07. The molecule has 1 aliphatic heterocycles. The summed E-state index contributed by atoms with van der Waals surface area (Å²) < 4.78 is 14.8. The van der Waals surface area contributed by atoms with Crippen LogP contribution in [0.15, 0.2) is 35.6 Å². The minimum absolute atomic E-state index is 0.0137. The zero-order valence-corrected chi connectivity index (χ0v) is 17.1. The molecule has 1 aromatic carbocycles. The van der Waals surface area contributed by atoms with E-state index in [1.54, 1.807) is 20.8 Å². The van der Waals surface area contributed by atoms with Crippen LogP contribution in [0.25, 0.3) is 0 Å². The van der Waals surface area contributed by atoms with E-state index in [4.69, 9.17) is 17.3 Å². The quantitative estimate of drug-likeness (QED) is 0.795. The third-order valence-electron chi connectivity index (χ3n) is 5.31. The third kappa shape index (κ3) is 3.42. The Morgan fingerprint density at radius 3 is 2.48 bits per heavy atom. The number of aromatic nitrogens is 2. The summed E-state index contributed by atoms with van der Waals surface area (Å²) in [6, 6.07) is 4.02. The van der Waals surface area contributed by atoms with Gasteiger partial charge in [-0.1, -0.05) is 11.6 Å². The molecule has 3 rings (SSSR count). The van der Waals surface area contributed by atoms with Crippen molar-refractivity contribution >= 4 is 35.1 Å². The van der Waals surface area contributed by atoms with Gasteiger partial charge >= 0.3 is 0 Å². The summed E-state index contributed by atoms with van der Waals surface area (Å²) in [5.74, 6) is -1.57. The van der Waals surface area contributed by atoms with E-state index in [1.807, 2.05) is 0 Å². The van der Waals surface area contributed by atoms with Crippen LogP contribution in [0.2, 0.25) is 5.02 Å². The number of halogens is 2. The predicted molar refractivity (Wildman–Crippen MR) is 107 cm³/mol. The van der Waals surface area contributed by atoms with Gasteiger partial charge in [0.15, 0.2) is 5.96 Å². The number of carbonyl (C=O) groups excluding carboxylic acids is 2. The first kappa shape index (κ1) is 20.7. The lowest BCUT2D eigenvalue weighted by Gasteiger charge is -2.46. The van der Waals surface area contributed by atoms with Gasteiger partial charge in [-0.05, 0) is 39.0 Å². The standard InChI is InChI=1S/C19H20ClFN6O2/c1-18(2)16(29)27(4)17(22)26-19(18,3)12-7-11(5-6-13(12)21)25-15(28)14-23-8-10(20)9-24-14/h5-9H,1-4H3,(H2,22,26)(H,25,28). The molecule has 29 heavy (non-hydrogen) atoms. The van der Waals surface area contributed by atoms with E-state index in [0.29, 0.717) is 10.7 Å². The average molecular weight is 419 g/mol. The van der Waals surface area contributed by atoms with Crippen molar-refractivity contribution < 1.29 is 14.0 Å². The molecule has 1 aromatic heterocycles. The summed E-state index contributed by atoms with van der Waals surface area (Å²) in [6.45, 7) is 4.99. The number of carbonyl (C=O) groups is 2. The number of guanidine groups is 1. The minimum Gasteiger partial charge on any atom is -0.369 e. The van der Waals surface area contributed by atoms with Crippen molar-refractivity contribution in [1.82, 2.24) is 14.9 Å². The lowest BCUT2D eigenvalue weighted by Crippen LogP contribution is -2.58.